The molecule has 0 aliphatic rings. The second-order valence-electron chi connectivity index (χ2n) is 7.88. The summed E-state index contributed by atoms with van der Waals surface area (Å²) in [6.07, 6.45) is -3.51. The van der Waals surface area contributed by atoms with Gasteiger partial charge in [-0.25, -0.2) is 9.97 Å². The summed E-state index contributed by atoms with van der Waals surface area (Å²) >= 11 is 0. The highest BCUT2D eigenvalue weighted by Crippen LogP contribution is 2.36. The minimum atomic E-state index is -4.44. The maximum Gasteiger partial charge on any atom is 0.416 e. The van der Waals surface area contributed by atoms with E-state index in [2.05, 4.69) is 20.3 Å². The molecule has 1 atom stereocenters. The third kappa shape index (κ3) is 6.01. The Balaban J connectivity index is 1.96. The molecule has 178 valence electrons. The minimum absolute atomic E-state index is 0.0516. The Morgan fingerprint density at radius 3 is 2.45 bits per heavy atom. The highest BCUT2D eigenvalue weighted by molar-refractivity contribution is 5.91. The number of nitrogens with one attached hydrogen (secondary N) is 1. The number of aryl methyl sites for hydroxylation is 1. The van der Waals surface area contributed by atoms with E-state index in [9.17, 15) is 13.2 Å². The number of anilines is 1. The van der Waals surface area contributed by atoms with Crippen molar-refractivity contribution in [3.05, 3.63) is 47.5 Å². The highest BCUT2D eigenvalue weighted by atomic mass is 19.4. The van der Waals surface area contributed by atoms with E-state index < -0.39 is 11.7 Å². The molecule has 0 radical (unpaired) electrons. The van der Waals surface area contributed by atoms with E-state index in [1.54, 1.807) is 33.3 Å². The summed E-state index contributed by atoms with van der Waals surface area (Å²) < 4.78 is 56.0. The van der Waals surface area contributed by atoms with Gasteiger partial charge in [0.1, 0.15) is 17.7 Å². The molecule has 0 aliphatic carbocycles. The molecule has 0 bridgehead atoms. The molecule has 1 N–H and O–H groups in total. The van der Waals surface area contributed by atoms with Crippen molar-refractivity contribution in [3.8, 4) is 11.5 Å². The van der Waals surface area contributed by atoms with E-state index in [1.807, 2.05) is 13.8 Å². The Morgan fingerprint density at radius 2 is 1.82 bits per heavy atom. The van der Waals surface area contributed by atoms with Gasteiger partial charge in [0.2, 0.25) is 0 Å². The summed E-state index contributed by atoms with van der Waals surface area (Å²) in [6, 6.07) is 5.46. The van der Waals surface area contributed by atoms with Crippen molar-refractivity contribution in [2.45, 2.75) is 39.6 Å². The Kier molecular flexibility index (Phi) is 7.57. The van der Waals surface area contributed by atoms with Gasteiger partial charge < -0.3 is 19.5 Å². The van der Waals surface area contributed by atoms with Crippen molar-refractivity contribution in [1.82, 2.24) is 15.0 Å². The van der Waals surface area contributed by atoms with Crippen LogP contribution in [0.4, 0.5) is 19.0 Å². The van der Waals surface area contributed by atoms with Crippen molar-refractivity contribution in [3.63, 3.8) is 0 Å². The van der Waals surface area contributed by atoms with Crippen molar-refractivity contribution in [1.29, 1.82) is 0 Å². The molecule has 2 aromatic heterocycles. The lowest BCUT2D eigenvalue weighted by atomic mass is 10.1. The third-order valence-corrected chi connectivity index (χ3v) is 5.03. The van der Waals surface area contributed by atoms with Crippen LogP contribution >= 0.6 is 0 Å². The van der Waals surface area contributed by atoms with Crippen LogP contribution in [-0.2, 0) is 17.5 Å². The third-order valence-electron chi connectivity index (χ3n) is 5.03. The highest BCUT2D eigenvalue weighted by Gasteiger charge is 2.30. The lowest BCUT2D eigenvalue weighted by molar-refractivity contribution is -0.137. The Bertz CT molecular complexity index is 1110. The van der Waals surface area contributed by atoms with Crippen molar-refractivity contribution < 1.29 is 27.4 Å². The molecule has 3 aromatic rings. The van der Waals surface area contributed by atoms with E-state index in [-0.39, 0.29) is 24.3 Å². The van der Waals surface area contributed by atoms with Crippen LogP contribution < -0.4 is 14.8 Å². The second-order valence-corrected chi connectivity index (χ2v) is 7.88. The lowest BCUT2D eigenvalue weighted by Crippen LogP contribution is -2.28. The van der Waals surface area contributed by atoms with Crippen LogP contribution in [0, 0.1) is 12.8 Å². The summed E-state index contributed by atoms with van der Waals surface area (Å²) in [6.45, 7) is 6.24. The summed E-state index contributed by atoms with van der Waals surface area (Å²) in [5.41, 5.74) is 0.0922. The molecule has 7 nitrogen and oxygen atoms in total. The molecule has 0 spiro atoms. The van der Waals surface area contributed by atoms with Crippen LogP contribution in [0.1, 0.15) is 30.9 Å². The van der Waals surface area contributed by atoms with Crippen LogP contribution in [0.25, 0.3) is 10.9 Å². The maximum absolute atomic E-state index is 13.0. The van der Waals surface area contributed by atoms with Gasteiger partial charge in [-0.1, -0.05) is 13.8 Å². The topological polar surface area (TPSA) is 78.4 Å². The van der Waals surface area contributed by atoms with E-state index in [0.717, 1.165) is 18.3 Å². The van der Waals surface area contributed by atoms with Crippen LogP contribution in [-0.4, -0.2) is 41.9 Å². The molecule has 0 aliphatic heterocycles. The maximum atomic E-state index is 13.0. The van der Waals surface area contributed by atoms with Crippen LogP contribution in [0.5, 0.6) is 11.5 Å². The first-order chi connectivity index (χ1) is 15.6. The summed E-state index contributed by atoms with van der Waals surface area (Å²) in [5, 5.41) is 3.73. The van der Waals surface area contributed by atoms with Gasteiger partial charge in [0, 0.05) is 24.8 Å². The van der Waals surface area contributed by atoms with Gasteiger partial charge >= 0.3 is 6.18 Å². The number of benzene rings is 1. The van der Waals surface area contributed by atoms with Gasteiger partial charge in [-0.2, -0.15) is 13.2 Å². The number of halogens is 3. The first-order valence-electron chi connectivity index (χ1n) is 10.4. The zero-order valence-electron chi connectivity index (χ0n) is 19.2. The fourth-order valence-electron chi connectivity index (χ4n) is 3.25. The van der Waals surface area contributed by atoms with Crippen molar-refractivity contribution in [2.24, 2.45) is 5.92 Å². The molecule has 2 heterocycles. The molecular weight excluding hydrogens is 437 g/mol. The van der Waals surface area contributed by atoms with E-state index >= 15 is 0 Å². The number of pyridine rings is 1. The molecule has 0 fully saturated rings. The minimum Gasteiger partial charge on any atom is -0.493 e. The Labute approximate surface area is 190 Å². The first kappa shape index (κ1) is 24.5. The van der Waals surface area contributed by atoms with E-state index in [1.165, 1.54) is 0 Å². The lowest BCUT2D eigenvalue weighted by Gasteiger charge is -2.23. The molecule has 1 aromatic carbocycles. The van der Waals surface area contributed by atoms with Crippen molar-refractivity contribution in [2.75, 3.05) is 26.1 Å². The van der Waals surface area contributed by atoms with Gasteiger partial charge in [0.15, 0.2) is 11.5 Å². The summed E-state index contributed by atoms with van der Waals surface area (Å²) in [7, 11) is 3.15. The number of aromatic nitrogens is 3. The standard InChI is InChI=1S/C23H27F3N4O3/c1-13(2)21(12-31-4)33-20-9-17-18(10-19(20)32-5)29-14(3)30-22(17)28-11-16-8-15(6-7-27-16)23(24,25)26/h6-10,13,21H,11-12H2,1-5H3,(H,28,29,30). The summed E-state index contributed by atoms with van der Waals surface area (Å²) in [5.74, 6) is 2.14. The largest absolute Gasteiger partial charge is 0.493 e. The van der Waals surface area contributed by atoms with Crippen LogP contribution in [0.3, 0.4) is 0 Å². The monoisotopic (exact) mass is 464 g/mol. The van der Waals surface area contributed by atoms with Gasteiger partial charge in [-0.15, -0.1) is 0 Å². The number of ether oxygens (including phenoxy) is 3. The van der Waals surface area contributed by atoms with Gasteiger partial charge in [-0.3, -0.25) is 4.98 Å². The van der Waals surface area contributed by atoms with E-state index in [4.69, 9.17) is 14.2 Å². The molecule has 0 amide bonds. The zero-order chi connectivity index (χ0) is 24.2. The first-order valence-corrected chi connectivity index (χ1v) is 10.4. The number of alkyl halides is 3. The predicted octanol–water partition coefficient (Wildman–Crippen LogP) is 5.02. The predicted molar refractivity (Wildman–Crippen MR) is 119 cm³/mol. The van der Waals surface area contributed by atoms with E-state index in [0.29, 0.717) is 40.7 Å². The van der Waals surface area contributed by atoms with Crippen LogP contribution in [0.2, 0.25) is 0 Å². The molecule has 33 heavy (non-hydrogen) atoms. The molecule has 1 unspecified atom stereocenters. The Hall–Kier alpha value is -3.14. The SMILES string of the molecule is COCC(Oc1cc2c(NCc3cc(C(F)(F)F)ccn3)nc(C)nc2cc1OC)C(C)C. The molecule has 10 heteroatoms. The van der Waals surface area contributed by atoms with Crippen molar-refractivity contribution >= 4 is 16.7 Å². The number of methoxy groups -OCH3 is 2. The quantitative estimate of drug-likeness (QED) is 0.476. The molecular formula is C23H27F3N4O3. The number of hydrogen-bond donors (Lipinski definition) is 1. The average Bonchev–Trinajstić information content (AvgIpc) is 2.76. The number of rotatable bonds is 9. The van der Waals surface area contributed by atoms with Gasteiger partial charge in [-0.05, 0) is 31.0 Å². The number of nitrogens with zero attached hydrogens (tertiary/aromatic N) is 3. The number of hydrogen-bond acceptors (Lipinski definition) is 7. The molecule has 0 saturated heterocycles. The molecule has 0 saturated carbocycles. The summed E-state index contributed by atoms with van der Waals surface area (Å²) in [4.78, 5) is 12.9. The smallest absolute Gasteiger partial charge is 0.416 e. The Morgan fingerprint density at radius 1 is 1.06 bits per heavy atom. The van der Waals surface area contributed by atoms with Gasteiger partial charge in [0.05, 0.1) is 37.0 Å². The average molecular weight is 464 g/mol. The zero-order valence-corrected chi connectivity index (χ0v) is 19.2. The fraction of sp³-hybridized carbons (Fsp3) is 0.435. The normalized spacial score (nSPS) is 12.8. The number of fused-ring (bicyclic) bond motifs is 1. The van der Waals surface area contributed by atoms with Crippen LogP contribution in [0.15, 0.2) is 30.5 Å². The fourth-order valence-corrected chi connectivity index (χ4v) is 3.25. The molecule has 3 rings (SSSR count). The second kappa shape index (κ2) is 10.2. The van der Waals surface area contributed by atoms with Gasteiger partial charge in [0.25, 0.3) is 0 Å².